The van der Waals surface area contributed by atoms with Gasteiger partial charge in [-0.1, -0.05) is 42.5 Å². The smallest absolute Gasteiger partial charge is 0.301 e. The Labute approximate surface area is 171 Å². The van der Waals surface area contributed by atoms with Crippen molar-refractivity contribution >= 4 is 49.6 Å². The Morgan fingerprint density at radius 1 is 1.03 bits per heavy atom. The molecule has 0 saturated heterocycles. The van der Waals surface area contributed by atoms with Gasteiger partial charge in [0.2, 0.25) is 0 Å². The predicted octanol–water partition coefficient (Wildman–Crippen LogP) is 2.98. The van der Waals surface area contributed by atoms with Crippen LogP contribution in [0.1, 0.15) is 6.92 Å². The van der Waals surface area contributed by atoms with Gasteiger partial charge in [0.25, 0.3) is 10.1 Å². The van der Waals surface area contributed by atoms with Gasteiger partial charge in [-0.15, -0.1) is 0 Å². The summed E-state index contributed by atoms with van der Waals surface area (Å²) in [6.45, 7) is 1.63. The highest BCUT2D eigenvalue weighted by molar-refractivity contribution is 7.86. The van der Waals surface area contributed by atoms with Crippen molar-refractivity contribution in [2.24, 2.45) is 10.2 Å². The molecule has 0 radical (unpaired) electrons. The van der Waals surface area contributed by atoms with Crippen molar-refractivity contribution in [3.63, 3.8) is 0 Å². The molecule has 30 heavy (non-hydrogen) atoms. The Kier molecular flexibility index (Phi) is 4.72. The molecule has 10 heteroatoms. The van der Waals surface area contributed by atoms with E-state index in [2.05, 4.69) is 15.6 Å². The van der Waals surface area contributed by atoms with E-state index in [1.165, 1.54) is 11.1 Å². The number of rotatable bonds is 4. The first kappa shape index (κ1) is 19.6. The molecule has 3 N–H and O–H groups in total. The summed E-state index contributed by atoms with van der Waals surface area (Å²) in [7, 11) is -4.56. The van der Waals surface area contributed by atoms with Crippen LogP contribution in [0.2, 0.25) is 0 Å². The summed E-state index contributed by atoms with van der Waals surface area (Å²) in [6, 6.07) is 16.0. The highest BCUT2D eigenvalue weighted by Crippen LogP contribution is 2.37. The summed E-state index contributed by atoms with van der Waals surface area (Å²) < 4.78 is 32.8. The van der Waals surface area contributed by atoms with Crippen molar-refractivity contribution < 1.29 is 22.9 Å². The summed E-state index contributed by atoms with van der Waals surface area (Å²) in [5.74, 6) is -0.907. The number of carbonyl (C=O) groups is 1. The number of amides is 1. The molecule has 0 saturated carbocycles. The molecule has 1 amide bonds. The van der Waals surface area contributed by atoms with Gasteiger partial charge in [0.05, 0.1) is 11.4 Å². The fraction of sp³-hybridized carbons (Fsp3) is 0.0500. The van der Waals surface area contributed by atoms with Crippen LogP contribution in [0.3, 0.4) is 0 Å². The average Bonchev–Trinajstić information content (AvgIpc) is 3.00. The van der Waals surface area contributed by atoms with Gasteiger partial charge in [0, 0.05) is 16.8 Å². The molecular formula is C20H16N4O5S. The van der Waals surface area contributed by atoms with Crippen molar-refractivity contribution in [2.45, 2.75) is 11.8 Å². The van der Waals surface area contributed by atoms with Crippen LogP contribution in [0.5, 0.6) is 5.75 Å². The lowest BCUT2D eigenvalue weighted by Crippen LogP contribution is -2.27. The summed E-state index contributed by atoms with van der Waals surface area (Å²) in [5.41, 5.74) is 3.72. The van der Waals surface area contributed by atoms with E-state index in [-0.39, 0.29) is 16.8 Å². The first-order valence-electron chi connectivity index (χ1n) is 8.78. The third kappa shape index (κ3) is 3.38. The van der Waals surface area contributed by atoms with E-state index >= 15 is 0 Å². The lowest BCUT2D eigenvalue weighted by Gasteiger charge is -2.12. The monoisotopic (exact) mass is 424 g/mol. The maximum absolute atomic E-state index is 12.7. The Morgan fingerprint density at radius 3 is 2.33 bits per heavy atom. The van der Waals surface area contributed by atoms with Gasteiger partial charge >= 0.3 is 5.91 Å². The second kappa shape index (κ2) is 7.25. The number of benzene rings is 3. The van der Waals surface area contributed by atoms with Gasteiger partial charge in [-0.2, -0.15) is 23.6 Å². The molecule has 0 spiro atoms. The van der Waals surface area contributed by atoms with Crippen LogP contribution in [-0.2, 0) is 14.9 Å². The van der Waals surface area contributed by atoms with Gasteiger partial charge in [0.1, 0.15) is 16.3 Å². The highest BCUT2D eigenvalue weighted by Gasteiger charge is 2.31. The Balaban J connectivity index is 1.74. The van der Waals surface area contributed by atoms with Gasteiger partial charge < -0.3 is 5.11 Å². The number of hydrogen-bond acceptors (Lipinski definition) is 7. The molecule has 4 rings (SSSR count). The molecule has 9 nitrogen and oxygen atoms in total. The highest BCUT2D eigenvalue weighted by atomic mass is 32.2. The molecule has 0 fully saturated rings. The van der Waals surface area contributed by atoms with E-state index in [0.29, 0.717) is 16.8 Å². The summed E-state index contributed by atoms with van der Waals surface area (Å²) in [4.78, 5) is 12.3. The molecule has 1 aliphatic heterocycles. The van der Waals surface area contributed by atoms with Crippen molar-refractivity contribution in [2.75, 3.05) is 10.4 Å². The van der Waals surface area contributed by atoms with Crippen LogP contribution in [-0.4, -0.2) is 35.4 Å². The maximum atomic E-state index is 12.7. The van der Waals surface area contributed by atoms with Crippen LogP contribution in [0.15, 0.2) is 75.8 Å². The summed E-state index contributed by atoms with van der Waals surface area (Å²) in [6.07, 6.45) is 0. The summed E-state index contributed by atoms with van der Waals surface area (Å²) >= 11 is 0. The van der Waals surface area contributed by atoms with Crippen LogP contribution < -0.4 is 10.4 Å². The van der Waals surface area contributed by atoms with Crippen LogP contribution in [0.25, 0.3) is 10.8 Å². The fourth-order valence-corrected chi connectivity index (χ4v) is 3.86. The third-order valence-corrected chi connectivity index (χ3v) is 5.43. The fourth-order valence-electron chi connectivity index (χ4n) is 3.14. The average molecular weight is 424 g/mol. The largest absolute Gasteiger partial charge is 0.506 e. The SMILES string of the molecule is CC1=NN(c2ccccc2)C(=O)/C1=N\Nc1c(O)cc(S(=O)(=O)O)c2ccccc12. The molecule has 1 aliphatic rings. The number of nitrogens with zero attached hydrogens (tertiary/aromatic N) is 3. The third-order valence-electron chi connectivity index (χ3n) is 4.53. The molecular weight excluding hydrogens is 408 g/mol. The number of nitrogens with one attached hydrogen (secondary N) is 1. The van der Waals surface area contributed by atoms with Crippen LogP contribution >= 0.6 is 0 Å². The van der Waals surface area contributed by atoms with E-state index < -0.39 is 26.7 Å². The number of para-hydroxylation sites is 1. The molecule has 1 heterocycles. The zero-order valence-corrected chi connectivity index (χ0v) is 16.5. The number of carbonyl (C=O) groups excluding carboxylic acids is 1. The van der Waals surface area contributed by atoms with Gasteiger partial charge in [0.15, 0.2) is 5.71 Å². The van der Waals surface area contributed by atoms with Crippen molar-refractivity contribution in [1.29, 1.82) is 0 Å². The number of hydrogen-bond donors (Lipinski definition) is 3. The second-order valence-corrected chi connectivity index (χ2v) is 7.89. The number of aromatic hydroxyl groups is 1. The van der Waals surface area contributed by atoms with Gasteiger partial charge in [-0.3, -0.25) is 14.8 Å². The Bertz CT molecular complexity index is 1330. The Morgan fingerprint density at radius 2 is 1.67 bits per heavy atom. The van der Waals surface area contributed by atoms with E-state index in [9.17, 15) is 22.9 Å². The lowest BCUT2D eigenvalue weighted by molar-refractivity contribution is -0.112. The van der Waals surface area contributed by atoms with Crippen LogP contribution in [0.4, 0.5) is 11.4 Å². The van der Waals surface area contributed by atoms with Gasteiger partial charge in [-0.25, -0.2) is 0 Å². The number of fused-ring (bicyclic) bond motifs is 1. The first-order valence-corrected chi connectivity index (χ1v) is 10.2. The van der Waals surface area contributed by atoms with Crippen molar-refractivity contribution in [3.8, 4) is 5.75 Å². The van der Waals surface area contributed by atoms with Crippen LogP contribution in [0, 0.1) is 0 Å². The zero-order valence-electron chi connectivity index (χ0n) is 15.6. The zero-order chi connectivity index (χ0) is 21.5. The standard InChI is InChI=1S/C20H16N4O5S/c1-12-18(20(26)24(23-12)13-7-3-2-4-8-13)21-22-19-15-10-6-5-9-14(15)17(11-16(19)25)30(27,28)29/h2-11,22,25H,1H3,(H,27,28,29)/b21-18-. The van der Waals surface area contributed by atoms with Crippen molar-refractivity contribution in [1.82, 2.24) is 0 Å². The molecule has 0 unspecified atom stereocenters. The van der Waals surface area contributed by atoms with Gasteiger partial charge in [-0.05, 0) is 19.1 Å². The molecule has 0 aliphatic carbocycles. The predicted molar refractivity (Wildman–Crippen MR) is 114 cm³/mol. The number of phenolic OH excluding ortho intramolecular Hbond substituents is 1. The second-order valence-electron chi connectivity index (χ2n) is 6.50. The van der Waals surface area contributed by atoms with E-state index in [1.54, 1.807) is 49.4 Å². The van der Waals surface area contributed by atoms with Crippen molar-refractivity contribution in [3.05, 3.63) is 60.7 Å². The topological polar surface area (TPSA) is 132 Å². The quantitative estimate of drug-likeness (QED) is 0.335. The van der Waals surface area contributed by atoms with E-state index in [1.807, 2.05) is 6.07 Å². The summed E-state index contributed by atoms with van der Waals surface area (Å²) in [5, 5.41) is 20.4. The normalized spacial score (nSPS) is 15.7. The Hall–Kier alpha value is -3.76. The minimum Gasteiger partial charge on any atom is -0.506 e. The molecule has 0 atom stereocenters. The molecule has 0 aromatic heterocycles. The molecule has 3 aromatic rings. The maximum Gasteiger partial charge on any atom is 0.301 e. The molecule has 0 bridgehead atoms. The lowest BCUT2D eigenvalue weighted by atomic mass is 10.1. The molecule has 152 valence electrons. The first-order chi connectivity index (χ1) is 14.3. The minimum absolute atomic E-state index is 0.0428. The van der Waals surface area contributed by atoms with E-state index in [4.69, 9.17) is 0 Å². The number of hydrazone groups is 2. The van der Waals surface area contributed by atoms with E-state index in [0.717, 1.165) is 6.07 Å². The molecule has 3 aromatic carbocycles. The number of phenols is 1. The minimum atomic E-state index is -4.56. The number of anilines is 2.